The highest BCUT2D eigenvalue weighted by atomic mass is 16.5. The Hall–Kier alpha value is -2.33. The summed E-state index contributed by atoms with van der Waals surface area (Å²) in [7, 11) is 1.67. The van der Waals surface area contributed by atoms with Gasteiger partial charge in [-0.3, -0.25) is 4.79 Å². The molecule has 4 nitrogen and oxygen atoms in total. The van der Waals surface area contributed by atoms with E-state index in [1.54, 1.807) is 7.11 Å². The molecule has 0 aromatic heterocycles. The van der Waals surface area contributed by atoms with Crippen LogP contribution in [-0.2, 0) is 17.8 Å². The van der Waals surface area contributed by atoms with E-state index in [9.17, 15) is 4.79 Å². The maximum Gasteiger partial charge on any atom is 0.227 e. The zero-order chi connectivity index (χ0) is 21.6. The normalized spacial score (nSPS) is 17.9. The van der Waals surface area contributed by atoms with Crippen molar-refractivity contribution in [3.63, 3.8) is 0 Å². The Morgan fingerprint density at radius 2 is 1.61 bits per heavy atom. The number of hydrogen-bond acceptors (Lipinski definition) is 3. The van der Waals surface area contributed by atoms with Crippen LogP contribution in [0.3, 0.4) is 0 Å². The van der Waals surface area contributed by atoms with E-state index in [0.717, 1.165) is 43.2 Å². The maximum atomic E-state index is 13.4. The largest absolute Gasteiger partial charge is 0.497 e. The summed E-state index contributed by atoms with van der Waals surface area (Å²) in [4.78, 5) is 18.2. The fourth-order valence-electron chi connectivity index (χ4n) is 4.78. The molecule has 4 heteroatoms. The third-order valence-corrected chi connectivity index (χ3v) is 7.05. The van der Waals surface area contributed by atoms with E-state index >= 15 is 0 Å². The van der Waals surface area contributed by atoms with Crippen LogP contribution in [-0.4, -0.2) is 48.5 Å². The molecule has 4 rings (SSSR count). The average Bonchev–Trinajstić information content (AvgIpc) is 2.77. The molecular weight excluding hydrogens is 384 g/mol. The minimum absolute atomic E-state index is 0.225. The highest BCUT2D eigenvalue weighted by Crippen LogP contribution is 2.29. The summed E-state index contributed by atoms with van der Waals surface area (Å²) in [6.07, 6.45) is 6.81. The van der Waals surface area contributed by atoms with Crippen molar-refractivity contribution in [2.45, 2.75) is 58.0 Å². The van der Waals surface area contributed by atoms with Crippen molar-refractivity contribution in [1.29, 1.82) is 0 Å². The van der Waals surface area contributed by atoms with Gasteiger partial charge in [-0.2, -0.15) is 0 Å². The first-order valence-electron chi connectivity index (χ1n) is 11.8. The summed E-state index contributed by atoms with van der Waals surface area (Å²) in [6.45, 7) is 6.28. The second-order valence-corrected chi connectivity index (χ2v) is 9.36. The van der Waals surface area contributed by atoms with Gasteiger partial charge in [0.25, 0.3) is 0 Å². The van der Waals surface area contributed by atoms with Crippen molar-refractivity contribution in [2.75, 3.05) is 26.7 Å². The van der Waals surface area contributed by atoms with Crippen molar-refractivity contribution in [2.24, 2.45) is 5.92 Å². The fourth-order valence-corrected chi connectivity index (χ4v) is 4.78. The van der Waals surface area contributed by atoms with Gasteiger partial charge in [0.15, 0.2) is 0 Å². The maximum absolute atomic E-state index is 13.4. The van der Waals surface area contributed by atoms with Crippen molar-refractivity contribution in [3.05, 3.63) is 65.2 Å². The Balaban J connectivity index is 1.42. The summed E-state index contributed by atoms with van der Waals surface area (Å²) in [5.74, 6) is 1.96. The molecular formula is C27H36N2O2. The summed E-state index contributed by atoms with van der Waals surface area (Å²) < 4.78 is 5.26. The van der Waals surface area contributed by atoms with Gasteiger partial charge < -0.3 is 14.5 Å². The number of hydrogen-bond donors (Lipinski definition) is 0. The number of amides is 1. The molecule has 166 valence electrons. The lowest BCUT2D eigenvalue weighted by molar-refractivity contribution is -0.134. The van der Waals surface area contributed by atoms with Crippen LogP contribution in [0.5, 0.6) is 5.75 Å². The third-order valence-electron chi connectivity index (χ3n) is 7.05. The summed E-state index contributed by atoms with van der Waals surface area (Å²) in [6, 6.07) is 16.8. The van der Waals surface area contributed by atoms with Crippen molar-refractivity contribution >= 4 is 5.91 Å². The van der Waals surface area contributed by atoms with E-state index in [1.807, 2.05) is 24.3 Å². The number of benzene rings is 2. The van der Waals surface area contributed by atoms with Crippen LogP contribution in [0.15, 0.2) is 48.5 Å². The summed E-state index contributed by atoms with van der Waals surface area (Å²) in [5.41, 5.74) is 3.51. The molecule has 2 aromatic carbocycles. The van der Waals surface area contributed by atoms with E-state index in [1.165, 1.54) is 36.9 Å². The zero-order valence-corrected chi connectivity index (χ0v) is 19.1. The van der Waals surface area contributed by atoms with Crippen molar-refractivity contribution < 1.29 is 9.53 Å². The number of ether oxygens (including phenoxy) is 1. The molecule has 2 aliphatic rings. The Morgan fingerprint density at radius 3 is 2.19 bits per heavy atom. The first-order chi connectivity index (χ1) is 15.1. The van der Waals surface area contributed by atoms with E-state index in [0.29, 0.717) is 19.0 Å². The monoisotopic (exact) mass is 420 g/mol. The first kappa shape index (κ1) is 21.9. The molecule has 0 radical (unpaired) electrons. The molecule has 0 N–H and O–H groups in total. The molecule has 0 spiro atoms. The number of rotatable bonds is 8. The Kier molecular flexibility index (Phi) is 7.29. The number of likely N-dealkylation sites (tertiary alicyclic amines) is 1. The number of nitrogens with zero attached hydrogens (tertiary/aromatic N) is 2. The number of aryl methyl sites for hydroxylation is 1. The molecule has 2 aromatic rings. The molecule has 1 amide bonds. The molecule has 1 heterocycles. The lowest BCUT2D eigenvalue weighted by Crippen LogP contribution is -2.48. The number of carbonyl (C=O) groups excluding carboxylic acids is 1. The zero-order valence-electron chi connectivity index (χ0n) is 19.1. The lowest BCUT2D eigenvalue weighted by Gasteiger charge is -2.41. The van der Waals surface area contributed by atoms with Gasteiger partial charge in [0.2, 0.25) is 5.91 Å². The number of methoxy groups -OCH3 is 1. The minimum Gasteiger partial charge on any atom is -0.497 e. The Bertz CT molecular complexity index is 835. The van der Waals surface area contributed by atoms with Gasteiger partial charge in [-0.15, -0.1) is 0 Å². The van der Waals surface area contributed by atoms with Crippen LogP contribution in [0, 0.1) is 12.8 Å². The predicted molar refractivity (Wildman–Crippen MR) is 125 cm³/mol. The second kappa shape index (κ2) is 10.3. The fraction of sp³-hybridized carbons (Fsp3) is 0.519. The van der Waals surface area contributed by atoms with Gasteiger partial charge in [0.05, 0.1) is 13.5 Å². The molecule has 0 bridgehead atoms. The van der Waals surface area contributed by atoms with Crippen LogP contribution in [0.2, 0.25) is 0 Å². The van der Waals surface area contributed by atoms with Crippen LogP contribution < -0.4 is 4.74 Å². The van der Waals surface area contributed by atoms with Crippen molar-refractivity contribution in [3.8, 4) is 5.75 Å². The molecule has 1 saturated carbocycles. The molecule has 31 heavy (non-hydrogen) atoms. The first-order valence-corrected chi connectivity index (χ1v) is 11.8. The Morgan fingerprint density at radius 1 is 0.968 bits per heavy atom. The van der Waals surface area contributed by atoms with E-state index in [2.05, 4.69) is 41.0 Å². The van der Waals surface area contributed by atoms with Crippen molar-refractivity contribution in [1.82, 2.24) is 9.80 Å². The number of piperidine rings is 1. The highest BCUT2D eigenvalue weighted by molar-refractivity contribution is 5.79. The summed E-state index contributed by atoms with van der Waals surface area (Å²) >= 11 is 0. The third kappa shape index (κ3) is 5.88. The van der Waals surface area contributed by atoms with Crippen LogP contribution in [0.25, 0.3) is 0 Å². The topological polar surface area (TPSA) is 32.8 Å². The van der Waals surface area contributed by atoms with E-state index in [-0.39, 0.29) is 5.91 Å². The molecule has 0 unspecified atom stereocenters. The molecule has 1 aliphatic carbocycles. The second-order valence-electron chi connectivity index (χ2n) is 9.36. The molecule has 2 fully saturated rings. The SMILES string of the molecule is COc1ccc(CC(=O)N(Cc2ccc(C)cc2)C2CCN(CC3CCC3)CC2)cc1. The van der Waals surface area contributed by atoms with Crippen LogP contribution in [0.1, 0.15) is 48.8 Å². The quantitative estimate of drug-likeness (QED) is 0.613. The van der Waals surface area contributed by atoms with Gasteiger partial charge in [0, 0.05) is 32.2 Å². The van der Waals surface area contributed by atoms with Crippen LogP contribution >= 0.6 is 0 Å². The highest BCUT2D eigenvalue weighted by Gasteiger charge is 2.30. The van der Waals surface area contributed by atoms with Gasteiger partial charge >= 0.3 is 0 Å². The van der Waals surface area contributed by atoms with E-state index < -0.39 is 0 Å². The Labute approximate surface area is 187 Å². The molecule has 0 atom stereocenters. The number of carbonyl (C=O) groups is 1. The minimum atomic E-state index is 0.225. The molecule has 1 aliphatic heterocycles. The van der Waals surface area contributed by atoms with Crippen LogP contribution in [0.4, 0.5) is 0 Å². The smallest absolute Gasteiger partial charge is 0.227 e. The van der Waals surface area contributed by atoms with Gasteiger partial charge in [0.1, 0.15) is 5.75 Å². The average molecular weight is 421 g/mol. The summed E-state index contributed by atoms with van der Waals surface area (Å²) in [5, 5.41) is 0. The van der Waals surface area contributed by atoms with E-state index in [4.69, 9.17) is 4.74 Å². The van der Waals surface area contributed by atoms with Gasteiger partial charge in [-0.05, 0) is 61.8 Å². The molecule has 1 saturated heterocycles. The standard InChI is InChI=1S/C27H36N2O2/c1-21-6-8-24(9-7-21)20-29(27(30)18-22-10-12-26(31-2)13-11-22)25-14-16-28(17-15-25)19-23-4-3-5-23/h6-13,23,25H,3-5,14-20H2,1-2H3. The van der Waals surface area contributed by atoms with Gasteiger partial charge in [-0.1, -0.05) is 48.4 Å². The lowest BCUT2D eigenvalue weighted by atomic mass is 9.84. The van der Waals surface area contributed by atoms with Gasteiger partial charge in [-0.25, -0.2) is 0 Å². The predicted octanol–water partition coefficient (Wildman–Crippen LogP) is 4.84.